The zero-order chi connectivity index (χ0) is 52.9. The predicted molar refractivity (Wildman–Crippen MR) is 296 cm³/mol. The maximum atomic E-state index is 10.7. The Kier molecular flexibility index (Phi) is 44.6. The summed E-state index contributed by atoms with van der Waals surface area (Å²) in [6.07, 6.45) is 39.7. The zero-order valence-electron chi connectivity index (χ0n) is 45.6. The van der Waals surface area contributed by atoms with E-state index in [1.807, 2.05) is 24.3 Å². The molecule has 0 aliphatic carbocycles. The van der Waals surface area contributed by atoms with Gasteiger partial charge in [0.2, 0.25) is 0 Å². The van der Waals surface area contributed by atoms with Crippen molar-refractivity contribution in [3.8, 4) is 0 Å². The Hall–Kier alpha value is -4.32. The number of hydrogen-bond donors (Lipinski definition) is 0. The van der Waals surface area contributed by atoms with Crippen molar-refractivity contribution in [2.75, 3.05) is 0 Å². The summed E-state index contributed by atoms with van der Waals surface area (Å²) in [5.41, 5.74) is 5.56. The Morgan fingerprint density at radius 1 is 0.274 bits per heavy atom. The van der Waals surface area contributed by atoms with Gasteiger partial charge in [-0.15, -0.1) is 0 Å². The molecule has 0 saturated heterocycles. The third-order valence-corrected chi connectivity index (χ3v) is 12.9. The Labute approximate surface area is 462 Å². The van der Waals surface area contributed by atoms with Crippen LogP contribution < -0.4 is 20.4 Å². The van der Waals surface area contributed by atoms with Gasteiger partial charge in [-0.05, 0) is 120 Å². The summed E-state index contributed by atoms with van der Waals surface area (Å²) < 4.78 is 0. The fraction of sp³-hybridized carbons (Fsp3) is 0.562. The van der Waals surface area contributed by atoms with Gasteiger partial charge in [0, 0.05) is 27.3 Å². The minimum absolute atomic E-state index is 0. The van der Waals surface area contributed by atoms with Crippen molar-refractivity contribution in [3.63, 3.8) is 0 Å². The normalized spacial score (nSPS) is 10.4. The summed E-state index contributed by atoms with van der Waals surface area (Å²) in [5, 5.41) is 42.9. The van der Waals surface area contributed by atoms with E-state index in [4.69, 9.17) is 0 Å². The molecule has 0 fully saturated rings. The summed E-state index contributed by atoms with van der Waals surface area (Å²) in [5.74, 6) is -4.35. The standard InChI is InChI=1S/4C16H24O2.Pb/c4*1-2-3-4-5-6-7-8-10-14-11-9-12-15(13-14)16(17)18;/h4*9,11-13H,2-8,10H2,1H3,(H,17,18);/p-4. The number of rotatable bonds is 36. The van der Waals surface area contributed by atoms with Crippen molar-refractivity contribution in [3.05, 3.63) is 142 Å². The van der Waals surface area contributed by atoms with Crippen LogP contribution in [0.15, 0.2) is 97.1 Å². The van der Waals surface area contributed by atoms with E-state index in [-0.39, 0.29) is 49.6 Å². The van der Waals surface area contributed by atoms with Gasteiger partial charge in [-0.2, -0.15) is 0 Å². The summed E-state index contributed by atoms with van der Waals surface area (Å²) in [4.78, 5) is 42.9. The molecular weight excluding hydrogens is 1100 g/mol. The molecule has 9 heteroatoms. The van der Waals surface area contributed by atoms with E-state index in [1.54, 1.807) is 72.8 Å². The van der Waals surface area contributed by atoms with Crippen molar-refractivity contribution < 1.29 is 39.6 Å². The maximum absolute atomic E-state index is 10.7. The predicted octanol–water partition coefficient (Wildman–Crippen LogP) is 13.0. The largest absolute Gasteiger partial charge is 0.545 e. The van der Waals surface area contributed by atoms with Gasteiger partial charge in [0.1, 0.15) is 0 Å². The average molecular weight is 1200 g/mol. The van der Waals surface area contributed by atoms with Crippen molar-refractivity contribution in [1.29, 1.82) is 0 Å². The molecule has 8 nitrogen and oxygen atoms in total. The van der Waals surface area contributed by atoms with Gasteiger partial charge < -0.3 is 39.6 Å². The molecule has 0 bridgehead atoms. The molecular formula is C64H92O8Pb-4. The number of carbonyl (C=O) groups is 4. The van der Waals surface area contributed by atoms with Crippen molar-refractivity contribution in [2.45, 2.75) is 233 Å². The van der Waals surface area contributed by atoms with Crippen LogP contribution in [0.25, 0.3) is 0 Å². The Balaban J connectivity index is 0.000000943. The molecule has 0 aromatic heterocycles. The topological polar surface area (TPSA) is 161 Å². The molecule has 0 heterocycles. The van der Waals surface area contributed by atoms with E-state index in [0.29, 0.717) is 0 Å². The van der Waals surface area contributed by atoms with Gasteiger partial charge in [-0.25, -0.2) is 0 Å². The monoisotopic (exact) mass is 1200 g/mol. The number of hydrogen-bond acceptors (Lipinski definition) is 8. The van der Waals surface area contributed by atoms with Crippen LogP contribution in [0.4, 0.5) is 0 Å². The van der Waals surface area contributed by atoms with Crippen molar-refractivity contribution >= 4 is 51.2 Å². The van der Waals surface area contributed by atoms with Gasteiger partial charge in [-0.1, -0.05) is 255 Å². The second-order valence-corrected chi connectivity index (χ2v) is 19.4. The molecule has 4 aromatic carbocycles. The first-order valence-corrected chi connectivity index (χ1v) is 28.2. The molecule has 4 aromatic rings. The van der Waals surface area contributed by atoms with E-state index in [1.165, 1.54) is 154 Å². The van der Waals surface area contributed by atoms with E-state index in [0.717, 1.165) is 73.6 Å². The van der Waals surface area contributed by atoms with Crippen LogP contribution in [-0.4, -0.2) is 51.2 Å². The number of carboxylic acids is 4. The van der Waals surface area contributed by atoms with Crippen LogP contribution >= 0.6 is 0 Å². The minimum Gasteiger partial charge on any atom is -0.545 e. The summed E-state index contributed by atoms with van der Waals surface area (Å²) in [7, 11) is 0. The third kappa shape index (κ3) is 38.0. The molecule has 0 aliphatic rings. The van der Waals surface area contributed by atoms with E-state index in [2.05, 4.69) is 27.7 Å². The fourth-order valence-electron chi connectivity index (χ4n) is 8.56. The number of benzene rings is 4. The number of aryl methyl sites for hydroxylation is 4. The minimum atomic E-state index is -1.09. The molecule has 0 unspecified atom stereocenters. The van der Waals surface area contributed by atoms with Crippen LogP contribution in [0.1, 0.15) is 271 Å². The molecule has 0 aliphatic heterocycles. The van der Waals surface area contributed by atoms with Crippen LogP contribution in [0.2, 0.25) is 0 Å². The molecule has 0 spiro atoms. The van der Waals surface area contributed by atoms with Gasteiger partial charge in [0.15, 0.2) is 0 Å². The molecule has 0 atom stereocenters. The molecule has 404 valence electrons. The second-order valence-electron chi connectivity index (χ2n) is 19.4. The Morgan fingerprint density at radius 2 is 0.438 bits per heavy atom. The van der Waals surface area contributed by atoms with Crippen LogP contribution in [0, 0.1) is 0 Å². The number of carboxylic acid groups (broad SMARTS) is 4. The Morgan fingerprint density at radius 3 is 0.603 bits per heavy atom. The van der Waals surface area contributed by atoms with Crippen LogP contribution in [0.5, 0.6) is 0 Å². The van der Waals surface area contributed by atoms with E-state index >= 15 is 0 Å². The smallest absolute Gasteiger partial charge is 0.0715 e. The first-order valence-electron chi connectivity index (χ1n) is 28.2. The first-order chi connectivity index (χ1) is 34.9. The zero-order valence-corrected chi connectivity index (χ0v) is 49.5. The van der Waals surface area contributed by atoms with E-state index in [9.17, 15) is 39.6 Å². The molecule has 4 rings (SSSR count). The summed E-state index contributed by atoms with van der Waals surface area (Å²) >= 11 is 0. The quantitative estimate of drug-likeness (QED) is 0.0321. The van der Waals surface area contributed by atoms with Gasteiger partial charge in [0.25, 0.3) is 0 Å². The number of aromatic carboxylic acids is 4. The molecule has 0 saturated carbocycles. The van der Waals surface area contributed by atoms with Gasteiger partial charge in [-0.3, -0.25) is 0 Å². The van der Waals surface area contributed by atoms with Crippen LogP contribution in [-0.2, 0) is 25.7 Å². The fourth-order valence-corrected chi connectivity index (χ4v) is 8.56. The average Bonchev–Trinajstić information content (AvgIpc) is 3.38. The van der Waals surface area contributed by atoms with Gasteiger partial charge >= 0.3 is 0 Å². The third-order valence-electron chi connectivity index (χ3n) is 12.9. The van der Waals surface area contributed by atoms with Crippen molar-refractivity contribution in [2.24, 2.45) is 0 Å². The second kappa shape index (κ2) is 47.4. The molecule has 0 amide bonds. The maximum Gasteiger partial charge on any atom is 0.0715 e. The molecule has 0 N–H and O–H groups in total. The van der Waals surface area contributed by atoms with Gasteiger partial charge in [0.05, 0.1) is 23.9 Å². The van der Waals surface area contributed by atoms with Crippen molar-refractivity contribution in [1.82, 2.24) is 0 Å². The number of carbonyl (C=O) groups excluding carboxylic acids is 4. The molecule has 73 heavy (non-hydrogen) atoms. The number of unbranched alkanes of at least 4 members (excludes halogenated alkanes) is 24. The SMILES string of the molecule is CCCCCCCCCc1cccc(C(=O)[O-])c1.CCCCCCCCCc1cccc(C(=O)[O-])c1.CCCCCCCCCc1cccc(C(=O)[O-])c1.CCCCCCCCCc1cccc(C(=O)[O-])c1.[Pb]. The summed E-state index contributed by atoms with van der Waals surface area (Å²) in [6.45, 7) is 8.91. The summed E-state index contributed by atoms with van der Waals surface area (Å²) in [6, 6.07) is 28.4. The Bertz CT molecular complexity index is 1730. The van der Waals surface area contributed by atoms with Crippen LogP contribution in [0.3, 0.4) is 0 Å². The first kappa shape index (κ1) is 68.7. The van der Waals surface area contributed by atoms with E-state index < -0.39 is 23.9 Å². The molecule has 4 radical (unpaired) electrons.